The number of hydrogen-bond acceptors (Lipinski definition) is 9. The van der Waals surface area contributed by atoms with E-state index in [2.05, 4.69) is 20.8 Å². The molecule has 13 heteroatoms. The minimum absolute atomic E-state index is 0.0753. The van der Waals surface area contributed by atoms with Gasteiger partial charge in [0.25, 0.3) is 11.6 Å². The van der Waals surface area contributed by atoms with E-state index in [0.29, 0.717) is 22.2 Å². The summed E-state index contributed by atoms with van der Waals surface area (Å²) in [7, 11) is 3.01. The number of carboxylic acids is 1. The van der Waals surface area contributed by atoms with E-state index in [1.165, 1.54) is 40.2 Å². The predicted octanol–water partition coefficient (Wildman–Crippen LogP) is 0.258. The standard InChI is InChI=1S/C19H20N6O5S2/c1-24-18(21-22-23-24)32-10-12-9-31-17-19(30-2,16(29)25(17)14(12)15(27)28)20-13(26)8-11-6-4-3-5-7-11/h3-7,17H,8-10H2,1-2H3,(H,20,26)(H,27,28)/t17?,19-/m0/s1. The Kier molecular flexibility index (Phi) is 6.22. The number of aryl methyl sites for hydroxylation is 1. The molecule has 0 aliphatic carbocycles. The Morgan fingerprint density at radius 1 is 1.38 bits per heavy atom. The van der Waals surface area contributed by atoms with Gasteiger partial charge >= 0.3 is 5.97 Å². The second kappa shape index (κ2) is 8.92. The monoisotopic (exact) mass is 476 g/mol. The first-order valence-corrected chi connectivity index (χ1v) is 11.6. The molecule has 1 unspecified atom stereocenters. The third-order valence-corrected chi connectivity index (χ3v) is 7.59. The van der Waals surface area contributed by atoms with Crippen molar-refractivity contribution in [1.82, 2.24) is 30.4 Å². The number of thioether (sulfide) groups is 2. The Morgan fingerprint density at radius 3 is 2.75 bits per heavy atom. The molecule has 2 atom stereocenters. The number of hydrogen-bond donors (Lipinski definition) is 2. The van der Waals surface area contributed by atoms with Crippen LogP contribution in [0, 0.1) is 0 Å². The average Bonchev–Trinajstić information content (AvgIpc) is 3.20. The van der Waals surface area contributed by atoms with Crippen molar-refractivity contribution in [2.75, 3.05) is 18.6 Å². The summed E-state index contributed by atoms with van der Waals surface area (Å²) < 4.78 is 6.95. The highest BCUT2D eigenvalue weighted by atomic mass is 32.2. The van der Waals surface area contributed by atoms with Crippen molar-refractivity contribution in [2.24, 2.45) is 7.05 Å². The quantitative estimate of drug-likeness (QED) is 0.310. The van der Waals surface area contributed by atoms with Gasteiger partial charge in [0, 0.05) is 25.7 Å². The number of amides is 2. The van der Waals surface area contributed by atoms with Crippen LogP contribution in [-0.4, -0.2) is 77.7 Å². The Morgan fingerprint density at radius 2 is 2.12 bits per heavy atom. The van der Waals surface area contributed by atoms with Crippen LogP contribution in [0.3, 0.4) is 0 Å². The van der Waals surface area contributed by atoms with E-state index >= 15 is 0 Å². The fourth-order valence-electron chi connectivity index (χ4n) is 3.58. The Hall–Kier alpha value is -2.90. The highest BCUT2D eigenvalue weighted by molar-refractivity contribution is 8.01. The molecular weight excluding hydrogens is 456 g/mol. The van der Waals surface area contributed by atoms with E-state index in [4.69, 9.17) is 4.74 Å². The molecule has 0 saturated carbocycles. The first kappa shape index (κ1) is 22.3. The van der Waals surface area contributed by atoms with Crippen molar-refractivity contribution in [3.63, 3.8) is 0 Å². The van der Waals surface area contributed by atoms with Gasteiger partial charge in [-0.25, -0.2) is 9.48 Å². The molecule has 2 N–H and O–H groups in total. The number of aromatic nitrogens is 4. The number of carbonyl (C=O) groups excluding carboxylic acids is 2. The Bertz CT molecular complexity index is 1090. The van der Waals surface area contributed by atoms with Crippen molar-refractivity contribution in [3.05, 3.63) is 47.2 Å². The number of rotatable bonds is 8. The first-order chi connectivity index (χ1) is 15.4. The first-order valence-electron chi connectivity index (χ1n) is 9.53. The molecule has 1 aromatic carbocycles. The van der Waals surface area contributed by atoms with Crippen LogP contribution >= 0.6 is 23.5 Å². The molecule has 0 bridgehead atoms. The van der Waals surface area contributed by atoms with Crippen molar-refractivity contribution in [3.8, 4) is 0 Å². The third-order valence-electron chi connectivity index (χ3n) is 5.12. The van der Waals surface area contributed by atoms with Gasteiger partial charge in [0.2, 0.25) is 11.1 Å². The number of aliphatic carboxylic acids is 1. The topological polar surface area (TPSA) is 140 Å². The van der Waals surface area contributed by atoms with Crippen LogP contribution in [0.2, 0.25) is 0 Å². The van der Waals surface area contributed by atoms with Gasteiger partial charge < -0.3 is 15.2 Å². The number of carbonyl (C=O) groups is 3. The van der Waals surface area contributed by atoms with E-state index in [0.717, 1.165) is 5.56 Å². The van der Waals surface area contributed by atoms with Gasteiger partial charge in [-0.2, -0.15) is 0 Å². The fourth-order valence-corrected chi connectivity index (χ4v) is 6.01. The summed E-state index contributed by atoms with van der Waals surface area (Å²) in [5, 5.41) is 23.6. The number of β-lactam (4-membered cyclic amide) rings is 1. The normalized spacial score (nSPS) is 22.4. The summed E-state index contributed by atoms with van der Waals surface area (Å²) in [4.78, 5) is 39.0. The van der Waals surface area contributed by atoms with Gasteiger partial charge in [-0.15, -0.1) is 16.9 Å². The molecule has 3 heterocycles. The zero-order chi connectivity index (χ0) is 22.9. The number of ether oxygens (including phenoxy) is 1. The number of nitrogens with one attached hydrogen (secondary N) is 1. The Balaban J connectivity index is 1.52. The highest BCUT2D eigenvalue weighted by Gasteiger charge is 2.66. The molecule has 4 rings (SSSR count). The summed E-state index contributed by atoms with van der Waals surface area (Å²) in [6.45, 7) is 0. The summed E-state index contributed by atoms with van der Waals surface area (Å²) in [5.41, 5.74) is -0.338. The molecule has 1 saturated heterocycles. The van der Waals surface area contributed by atoms with Gasteiger partial charge in [0.1, 0.15) is 11.1 Å². The maximum Gasteiger partial charge on any atom is 0.352 e. The fraction of sp³-hybridized carbons (Fsp3) is 0.368. The van der Waals surface area contributed by atoms with Gasteiger partial charge in [-0.1, -0.05) is 42.1 Å². The smallest absolute Gasteiger partial charge is 0.352 e. The maximum absolute atomic E-state index is 13.1. The van der Waals surface area contributed by atoms with Crippen LogP contribution in [0.4, 0.5) is 0 Å². The predicted molar refractivity (Wildman–Crippen MR) is 115 cm³/mol. The average molecular weight is 477 g/mol. The molecule has 1 aromatic heterocycles. The third kappa shape index (κ3) is 3.87. The molecule has 168 valence electrons. The lowest BCUT2D eigenvalue weighted by molar-refractivity contribution is -0.192. The molecule has 0 radical (unpaired) electrons. The molecule has 2 aliphatic heterocycles. The second-order valence-corrected chi connectivity index (χ2v) is 9.13. The van der Waals surface area contributed by atoms with E-state index < -0.39 is 23.0 Å². The van der Waals surface area contributed by atoms with Crippen LogP contribution in [0.5, 0.6) is 0 Å². The number of nitrogens with zero attached hydrogens (tertiary/aromatic N) is 5. The SMILES string of the molecule is CO[C@@]1(NC(=O)Cc2ccccc2)C(=O)N2C(C(=O)O)=C(CSc3nnnn3C)CSC21. The zero-order valence-electron chi connectivity index (χ0n) is 17.2. The van der Waals surface area contributed by atoms with E-state index in [1.807, 2.05) is 30.3 Å². The summed E-state index contributed by atoms with van der Waals surface area (Å²) in [5.74, 6) is -1.55. The largest absolute Gasteiger partial charge is 0.477 e. The van der Waals surface area contributed by atoms with Gasteiger partial charge in [0.15, 0.2) is 0 Å². The molecule has 2 amide bonds. The molecule has 2 aliphatic rings. The summed E-state index contributed by atoms with van der Waals surface area (Å²) in [6, 6.07) is 9.11. The maximum atomic E-state index is 13.1. The minimum Gasteiger partial charge on any atom is -0.477 e. The van der Waals surface area contributed by atoms with Crippen molar-refractivity contribution in [1.29, 1.82) is 0 Å². The molecule has 2 aromatic rings. The van der Waals surface area contributed by atoms with E-state index in [9.17, 15) is 19.5 Å². The van der Waals surface area contributed by atoms with Gasteiger partial charge in [0.05, 0.1) is 6.42 Å². The van der Waals surface area contributed by atoms with Crippen LogP contribution < -0.4 is 5.32 Å². The molecule has 32 heavy (non-hydrogen) atoms. The lowest BCUT2D eigenvalue weighted by Crippen LogP contribution is -2.80. The number of tetrazole rings is 1. The van der Waals surface area contributed by atoms with Crippen LogP contribution in [-0.2, 0) is 32.6 Å². The summed E-state index contributed by atoms with van der Waals surface area (Å²) in [6.07, 6.45) is 0.0753. The van der Waals surface area contributed by atoms with Crippen molar-refractivity contribution in [2.45, 2.75) is 22.7 Å². The lowest BCUT2D eigenvalue weighted by atomic mass is 9.98. The van der Waals surface area contributed by atoms with Crippen molar-refractivity contribution < 1.29 is 24.2 Å². The van der Waals surface area contributed by atoms with Crippen LogP contribution in [0.15, 0.2) is 46.8 Å². The minimum atomic E-state index is -1.61. The number of carboxylic acid groups (broad SMARTS) is 1. The van der Waals surface area contributed by atoms with Gasteiger partial charge in [-0.3, -0.25) is 14.5 Å². The van der Waals surface area contributed by atoms with Crippen LogP contribution in [0.1, 0.15) is 5.56 Å². The van der Waals surface area contributed by atoms with E-state index in [1.54, 1.807) is 7.05 Å². The molecular formula is C19H20N6O5S2. The molecule has 1 fully saturated rings. The Labute approximate surface area is 191 Å². The number of methoxy groups -OCH3 is 1. The zero-order valence-corrected chi connectivity index (χ0v) is 18.9. The van der Waals surface area contributed by atoms with E-state index in [-0.39, 0.29) is 18.0 Å². The lowest BCUT2D eigenvalue weighted by Gasteiger charge is -2.55. The number of benzene rings is 1. The summed E-state index contributed by atoms with van der Waals surface area (Å²) >= 11 is 2.62. The van der Waals surface area contributed by atoms with Crippen LogP contribution in [0.25, 0.3) is 0 Å². The second-order valence-electron chi connectivity index (χ2n) is 7.12. The van der Waals surface area contributed by atoms with Crippen molar-refractivity contribution >= 4 is 41.3 Å². The van der Waals surface area contributed by atoms with Gasteiger partial charge in [-0.05, 0) is 21.6 Å². The highest BCUT2D eigenvalue weighted by Crippen LogP contribution is 2.47. The molecule has 11 nitrogen and oxygen atoms in total. The number of fused-ring (bicyclic) bond motifs is 1. The molecule has 0 spiro atoms.